The van der Waals surface area contributed by atoms with Gasteiger partial charge in [0.05, 0.1) is 12.5 Å². The van der Waals surface area contributed by atoms with E-state index in [0.717, 1.165) is 22.3 Å². The molecule has 2 atom stereocenters. The van der Waals surface area contributed by atoms with Gasteiger partial charge in [-0.15, -0.1) is 0 Å². The quantitative estimate of drug-likeness (QED) is 0.386. The number of hydrogen-bond donors (Lipinski definition) is 2. The second-order valence-corrected chi connectivity index (χ2v) is 9.14. The van der Waals surface area contributed by atoms with Gasteiger partial charge in [-0.05, 0) is 70.6 Å². The molecule has 0 radical (unpaired) electrons. The number of benzene rings is 3. The van der Waals surface area contributed by atoms with Crippen molar-refractivity contribution in [2.45, 2.75) is 17.8 Å². The number of aromatic nitrogens is 1. The minimum Gasteiger partial charge on any atom is -0.496 e. The number of carboxylic acids is 1. The van der Waals surface area contributed by atoms with Crippen LogP contribution in [0.15, 0.2) is 79.1 Å². The highest BCUT2D eigenvalue weighted by Gasteiger charge is 2.65. The van der Waals surface area contributed by atoms with E-state index >= 15 is 4.39 Å². The Morgan fingerprint density at radius 3 is 2.42 bits per heavy atom. The van der Waals surface area contributed by atoms with E-state index in [1.54, 1.807) is 36.7 Å². The van der Waals surface area contributed by atoms with E-state index in [1.165, 1.54) is 13.2 Å². The first kappa shape index (κ1) is 22.0. The fourth-order valence-electron chi connectivity index (χ4n) is 5.33. The fourth-order valence-corrected chi connectivity index (χ4v) is 5.33. The Hall–Kier alpha value is -4.52. The molecular formula is C29H21FN2O4. The first-order valence-electron chi connectivity index (χ1n) is 11.5. The zero-order valence-electron chi connectivity index (χ0n) is 19.3. The van der Waals surface area contributed by atoms with Crippen molar-refractivity contribution in [1.29, 1.82) is 0 Å². The van der Waals surface area contributed by atoms with Crippen LogP contribution in [-0.4, -0.2) is 29.1 Å². The zero-order chi connectivity index (χ0) is 25.0. The molecule has 1 fully saturated rings. The summed E-state index contributed by atoms with van der Waals surface area (Å²) in [6.45, 7) is 0. The van der Waals surface area contributed by atoms with E-state index < -0.39 is 17.2 Å². The van der Waals surface area contributed by atoms with Gasteiger partial charge in [-0.25, -0.2) is 9.18 Å². The summed E-state index contributed by atoms with van der Waals surface area (Å²) in [4.78, 5) is 28.9. The molecule has 2 heterocycles. The maximum absolute atomic E-state index is 15.2. The molecule has 7 heteroatoms. The SMILES string of the molecule is COc1ccc(C2CC23C(=O)Nc2cc(F)c(-c4ccc(-c5ccncc5)cc4)cc23)cc1C(=O)O. The van der Waals surface area contributed by atoms with Crippen LogP contribution in [0.5, 0.6) is 5.75 Å². The van der Waals surface area contributed by atoms with Gasteiger partial charge in [-0.3, -0.25) is 9.78 Å². The summed E-state index contributed by atoms with van der Waals surface area (Å²) in [6.07, 6.45) is 3.96. The highest BCUT2D eigenvalue weighted by Crippen LogP contribution is 2.65. The third-order valence-electron chi connectivity index (χ3n) is 7.27. The van der Waals surface area contributed by atoms with Gasteiger partial charge in [0, 0.05) is 29.6 Å². The molecule has 2 N–H and O–H groups in total. The van der Waals surface area contributed by atoms with Crippen molar-refractivity contribution in [2.75, 3.05) is 12.4 Å². The fraction of sp³-hybridized carbons (Fsp3) is 0.138. The summed E-state index contributed by atoms with van der Waals surface area (Å²) >= 11 is 0. The molecule has 2 aliphatic rings. The van der Waals surface area contributed by atoms with E-state index in [1.807, 2.05) is 36.4 Å². The second-order valence-electron chi connectivity index (χ2n) is 9.14. The molecule has 1 aromatic heterocycles. The lowest BCUT2D eigenvalue weighted by molar-refractivity contribution is -0.118. The van der Waals surface area contributed by atoms with Crippen LogP contribution in [0.3, 0.4) is 0 Å². The van der Waals surface area contributed by atoms with Gasteiger partial charge in [-0.2, -0.15) is 0 Å². The van der Waals surface area contributed by atoms with Gasteiger partial charge in [0.2, 0.25) is 5.91 Å². The van der Waals surface area contributed by atoms with Crippen LogP contribution in [-0.2, 0) is 10.2 Å². The molecule has 6 rings (SSSR count). The zero-order valence-corrected chi connectivity index (χ0v) is 19.3. The first-order chi connectivity index (χ1) is 17.4. The van der Waals surface area contributed by atoms with E-state index in [-0.39, 0.29) is 23.1 Å². The van der Waals surface area contributed by atoms with Crippen molar-refractivity contribution >= 4 is 17.6 Å². The molecule has 1 spiro atoms. The lowest BCUT2D eigenvalue weighted by atomic mass is 9.89. The predicted octanol–water partition coefficient (Wildman–Crippen LogP) is 5.64. The van der Waals surface area contributed by atoms with Gasteiger partial charge < -0.3 is 15.2 Å². The molecule has 36 heavy (non-hydrogen) atoms. The molecule has 1 amide bonds. The average Bonchev–Trinajstić information content (AvgIpc) is 3.60. The number of rotatable bonds is 5. The number of amides is 1. The third-order valence-corrected chi connectivity index (χ3v) is 7.27. The molecule has 178 valence electrons. The number of carbonyl (C=O) groups excluding carboxylic acids is 1. The van der Waals surface area contributed by atoms with Crippen molar-refractivity contribution in [2.24, 2.45) is 0 Å². The van der Waals surface area contributed by atoms with Gasteiger partial charge >= 0.3 is 5.97 Å². The summed E-state index contributed by atoms with van der Waals surface area (Å²) < 4.78 is 20.3. The lowest BCUT2D eigenvalue weighted by Gasteiger charge is -2.13. The number of aromatic carboxylic acids is 1. The normalized spacial score (nSPS) is 19.6. The lowest BCUT2D eigenvalue weighted by Crippen LogP contribution is -2.21. The van der Waals surface area contributed by atoms with Crippen LogP contribution in [0, 0.1) is 5.82 Å². The van der Waals surface area contributed by atoms with Crippen LogP contribution in [0.1, 0.15) is 33.8 Å². The maximum atomic E-state index is 15.2. The Morgan fingerprint density at radius 2 is 1.72 bits per heavy atom. The standard InChI is InChI=1S/C29H21FN2O4/c1-36-26-7-6-19(12-21(26)27(33)34)23-15-29(23)22-13-20(24(30)14-25(22)32-28(29)35)18-4-2-16(3-5-18)17-8-10-31-11-9-17/h2-14,23H,15H2,1H3,(H,32,35)(H,33,34). The topological polar surface area (TPSA) is 88.5 Å². The molecular weight excluding hydrogens is 459 g/mol. The average molecular weight is 480 g/mol. The van der Waals surface area contributed by atoms with Crippen LogP contribution in [0.4, 0.5) is 10.1 Å². The molecule has 0 bridgehead atoms. The predicted molar refractivity (Wildman–Crippen MR) is 133 cm³/mol. The van der Waals surface area contributed by atoms with Crippen molar-refractivity contribution in [3.8, 4) is 28.0 Å². The number of methoxy groups -OCH3 is 1. The molecule has 1 aliphatic heterocycles. The minimum absolute atomic E-state index is 0.0461. The number of carboxylic acid groups (broad SMARTS) is 1. The molecule has 4 aromatic rings. The molecule has 6 nitrogen and oxygen atoms in total. The number of hydrogen-bond acceptors (Lipinski definition) is 4. The molecule has 2 unspecified atom stereocenters. The van der Waals surface area contributed by atoms with Crippen LogP contribution >= 0.6 is 0 Å². The largest absolute Gasteiger partial charge is 0.496 e. The molecule has 0 saturated heterocycles. The van der Waals surface area contributed by atoms with Gasteiger partial charge in [0.25, 0.3) is 0 Å². The van der Waals surface area contributed by atoms with Crippen molar-refractivity contribution in [1.82, 2.24) is 4.98 Å². The second kappa shape index (κ2) is 8.02. The number of fused-ring (bicyclic) bond motifs is 2. The monoisotopic (exact) mass is 480 g/mol. The molecule has 1 aliphatic carbocycles. The summed E-state index contributed by atoms with van der Waals surface area (Å²) in [5.74, 6) is -1.66. The maximum Gasteiger partial charge on any atom is 0.339 e. The Bertz CT molecular complexity index is 1540. The Kier molecular flexibility index (Phi) is 4.89. The van der Waals surface area contributed by atoms with Crippen LogP contribution in [0.25, 0.3) is 22.3 Å². The van der Waals surface area contributed by atoms with Gasteiger partial charge in [0.1, 0.15) is 17.1 Å². The van der Waals surface area contributed by atoms with Crippen molar-refractivity contribution < 1.29 is 23.8 Å². The molecule has 1 saturated carbocycles. The number of halogens is 1. The van der Waals surface area contributed by atoms with E-state index in [2.05, 4.69) is 10.3 Å². The van der Waals surface area contributed by atoms with Crippen LogP contribution < -0.4 is 10.1 Å². The Labute approximate surface area is 206 Å². The third kappa shape index (κ3) is 3.27. The van der Waals surface area contributed by atoms with E-state index in [4.69, 9.17) is 4.74 Å². The number of anilines is 1. The number of ether oxygens (including phenoxy) is 1. The van der Waals surface area contributed by atoms with Gasteiger partial charge in [-0.1, -0.05) is 30.3 Å². The number of nitrogens with zero attached hydrogens (tertiary/aromatic N) is 1. The number of carbonyl (C=O) groups is 2. The Morgan fingerprint density at radius 1 is 1.03 bits per heavy atom. The van der Waals surface area contributed by atoms with Crippen molar-refractivity contribution in [3.05, 3.63) is 102 Å². The summed E-state index contributed by atoms with van der Waals surface area (Å²) in [6, 6.07) is 19.5. The van der Waals surface area contributed by atoms with Crippen molar-refractivity contribution in [3.63, 3.8) is 0 Å². The summed E-state index contributed by atoms with van der Waals surface area (Å²) in [5, 5.41) is 12.4. The van der Waals surface area contributed by atoms with E-state index in [9.17, 15) is 14.7 Å². The first-order valence-corrected chi connectivity index (χ1v) is 11.5. The summed E-state index contributed by atoms with van der Waals surface area (Å²) in [5.41, 5.74) is 4.26. The van der Waals surface area contributed by atoms with Gasteiger partial charge in [0.15, 0.2) is 0 Å². The smallest absolute Gasteiger partial charge is 0.339 e. The highest BCUT2D eigenvalue weighted by molar-refractivity contribution is 6.10. The minimum atomic E-state index is -1.10. The number of nitrogens with one attached hydrogen (secondary N) is 1. The Balaban J connectivity index is 1.38. The summed E-state index contributed by atoms with van der Waals surface area (Å²) in [7, 11) is 1.42. The molecule has 3 aromatic carbocycles. The van der Waals surface area contributed by atoms with Crippen LogP contribution in [0.2, 0.25) is 0 Å². The highest BCUT2D eigenvalue weighted by atomic mass is 19.1. The number of pyridine rings is 1. The van der Waals surface area contributed by atoms with E-state index in [0.29, 0.717) is 23.2 Å².